The van der Waals surface area contributed by atoms with Gasteiger partial charge in [-0.2, -0.15) is 5.10 Å². The van der Waals surface area contributed by atoms with Gasteiger partial charge in [0, 0.05) is 18.9 Å². The Kier molecular flexibility index (Phi) is 4.83. The summed E-state index contributed by atoms with van der Waals surface area (Å²) in [6.45, 7) is 2.65. The molecule has 0 aliphatic carbocycles. The molecule has 2 aromatic rings. The maximum Gasteiger partial charge on any atom is 0.308 e. The van der Waals surface area contributed by atoms with E-state index in [2.05, 4.69) is 15.4 Å². The fraction of sp³-hybridized carbons (Fsp3) is 0.444. The van der Waals surface area contributed by atoms with E-state index in [0.29, 0.717) is 5.56 Å². The first-order valence-electron chi connectivity index (χ1n) is 8.38. The molecule has 0 spiro atoms. The lowest BCUT2D eigenvalue weighted by atomic mass is 9.88. The molecule has 3 heterocycles. The van der Waals surface area contributed by atoms with Crippen molar-refractivity contribution in [2.24, 2.45) is 0 Å². The zero-order valence-corrected chi connectivity index (χ0v) is 14.5. The summed E-state index contributed by atoms with van der Waals surface area (Å²) in [5, 5.41) is 7.32. The molecule has 1 aliphatic rings. The lowest BCUT2D eigenvalue weighted by Crippen LogP contribution is -2.45. The third kappa shape index (κ3) is 3.55. The lowest BCUT2D eigenvalue weighted by Gasteiger charge is -2.30. The first kappa shape index (κ1) is 17.1. The molecule has 0 radical (unpaired) electrons. The second kappa shape index (κ2) is 7.04. The number of methoxy groups -OCH3 is 1. The Bertz CT molecular complexity index is 772. The Morgan fingerprint density at radius 3 is 2.80 bits per heavy atom. The first-order valence-corrected chi connectivity index (χ1v) is 8.38. The fourth-order valence-electron chi connectivity index (χ4n) is 3.23. The number of ether oxygens (including phenoxy) is 1. The van der Waals surface area contributed by atoms with Crippen molar-refractivity contribution in [3.63, 3.8) is 0 Å². The molecular weight excluding hydrogens is 320 g/mol. The minimum Gasteiger partial charge on any atom is -0.469 e. The standard InChI is InChI=1S/C18H22N4O3/c1-18(11-16(23)25-2,13-6-8-19-9-7-13)21-17(24)14-12-20-22-10-4-3-5-15(14)22/h6-9,12H,3-5,10-11H2,1-2H3,(H,21,24). The molecular formula is C18H22N4O3. The van der Waals surface area contributed by atoms with E-state index in [1.54, 1.807) is 30.7 Å². The Morgan fingerprint density at radius 2 is 2.08 bits per heavy atom. The van der Waals surface area contributed by atoms with Gasteiger partial charge in [0.05, 0.1) is 36.5 Å². The van der Waals surface area contributed by atoms with Crippen LogP contribution in [-0.2, 0) is 28.0 Å². The summed E-state index contributed by atoms with van der Waals surface area (Å²) in [6, 6.07) is 3.58. The van der Waals surface area contributed by atoms with Crippen LogP contribution >= 0.6 is 0 Å². The molecule has 0 fully saturated rings. The van der Waals surface area contributed by atoms with Crippen LogP contribution in [0.4, 0.5) is 0 Å². The van der Waals surface area contributed by atoms with Crippen LogP contribution < -0.4 is 5.32 Å². The van der Waals surface area contributed by atoms with Crippen LogP contribution in [0.2, 0.25) is 0 Å². The number of hydrogen-bond donors (Lipinski definition) is 1. The lowest BCUT2D eigenvalue weighted by molar-refractivity contribution is -0.142. The smallest absolute Gasteiger partial charge is 0.308 e. The Morgan fingerprint density at radius 1 is 1.32 bits per heavy atom. The highest BCUT2D eigenvalue weighted by Crippen LogP contribution is 2.26. The van der Waals surface area contributed by atoms with Crippen molar-refractivity contribution in [2.45, 2.75) is 44.7 Å². The van der Waals surface area contributed by atoms with Crippen molar-refractivity contribution in [3.05, 3.63) is 47.5 Å². The molecule has 1 atom stereocenters. The number of carbonyl (C=O) groups excluding carboxylic acids is 2. The van der Waals surface area contributed by atoms with E-state index in [1.165, 1.54) is 7.11 Å². The number of esters is 1. The summed E-state index contributed by atoms with van der Waals surface area (Å²) in [5.41, 5.74) is 1.43. The molecule has 1 unspecified atom stereocenters. The molecule has 0 bridgehead atoms. The molecule has 25 heavy (non-hydrogen) atoms. The van der Waals surface area contributed by atoms with E-state index in [9.17, 15) is 9.59 Å². The van der Waals surface area contributed by atoms with Gasteiger partial charge in [0.1, 0.15) is 0 Å². The van der Waals surface area contributed by atoms with Gasteiger partial charge in [0.15, 0.2) is 0 Å². The molecule has 0 aromatic carbocycles. The molecule has 3 rings (SSSR count). The molecule has 7 nitrogen and oxygen atoms in total. The van der Waals surface area contributed by atoms with Crippen LogP contribution in [0.25, 0.3) is 0 Å². The zero-order chi connectivity index (χ0) is 17.9. The molecule has 0 saturated carbocycles. The SMILES string of the molecule is COC(=O)CC(C)(NC(=O)c1cnn2c1CCCC2)c1ccncc1. The van der Waals surface area contributed by atoms with Gasteiger partial charge in [-0.15, -0.1) is 0 Å². The summed E-state index contributed by atoms with van der Waals surface area (Å²) < 4.78 is 6.70. The number of aromatic nitrogens is 3. The molecule has 2 aromatic heterocycles. The van der Waals surface area contributed by atoms with Gasteiger partial charge in [0.25, 0.3) is 5.91 Å². The average Bonchev–Trinajstić information content (AvgIpc) is 3.06. The number of carbonyl (C=O) groups is 2. The molecule has 1 amide bonds. The summed E-state index contributed by atoms with van der Waals surface area (Å²) in [6.07, 6.45) is 7.88. The van der Waals surface area contributed by atoms with Gasteiger partial charge in [-0.1, -0.05) is 0 Å². The van der Waals surface area contributed by atoms with Gasteiger partial charge in [-0.05, 0) is 43.9 Å². The number of aryl methyl sites for hydroxylation is 1. The largest absolute Gasteiger partial charge is 0.469 e. The van der Waals surface area contributed by atoms with Crippen LogP contribution in [0.5, 0.6) is 0 Å². The summed E-state index contributed by atoms with van der Waals surface area (Å²) >= 11 is 0. The topological polar surface area (TPSA) is 86.1 Å². The number of rotatable bonds is 5. The average molecular weight is 342 g/mol. The second-order valence-electron chi connectivity index (χ2n) is 6.46. The summed E-state index contributed by atoms with van der Waals surface area (Å²) in [5.74, 6) is -0.622. The van der Waals surface area contributed by atoms with Crippen LogP contribution in [0.1, 0.15) is 47.8 Å². The summed E-state index contributed by atoms with van der Waals surface area (Å²) in [4.78, 5) is 28.8. The Hall–Kier alpha value is -2.70. The zero-order valence-electron chi connectivity index (χ0n) is 14.5. The number of pyridine rings is 1. The van der Waals surface area contributed by atoms with Crippen molar-refractivity contribution < 1.29 is 14.3 Å². The van der Waals surface area contributed by atoms with Gasteiger partial charge in [-0.3, -0.25) is 19.3 Å². The van der Waals surface area contributed by atoms with E-state index in [4.69, 9.17) is 4.74 Å². The van der Waals surface area contributed by atoms with Crippen LogP contribution in [-0.4, -0.2) is 33.8 Å². The highest BCUT2D eigenvalue weighted by molar-refractivity contribution is 5.96. The van der Waals surface area contributed by atoms with Gasteiger partial charge < -0.3 is 10.1 Å². The number of fused-ring (bicyclic) bond motifs is 1. The number of amides is 1. The third-order valence-electron chi connectivity index (χ3n) is 4.66. The van der Waals surface area contributed by atoms with E-state index in [0.717, 1.165) is 37.1 Å². The number of nitrogens with zero attached hydrogens (tertiary/aromatic N) is 3. The van der Waals surface area contributed by atoms with Gasteiger partial charge in [0.2, 0.25) is 0 Å². The van der Waals surface area contributed by atoms with Crippen molar-refractivity contribution in [2.75, 3.05) is 7.11 Å². The quantitative estimate of drug-likeness (QED) is 0.838. The molecule has 7 heteroatoms. The predicted octanol–water partition coefficient (Wildman–Crippen LogP) is 1.82. The third-order valence-corrected chi connectivity index (χ3v) is 4.66. The number of nitrogens with one attached hydrogen (secondary N) is 1. The first-order chi connectivity index (χ1) is 12.0. The van der Waals surface area contributed by atoms with E-state index < -0.39 is 11.5 Å². The van der Waals surface area contributed by atoms with Crippen molar-refractivity contribution in [3.8, 4) is 0 Å². The predicted molar refractivity (Wildman–Crippen MR) is 90.9 cm³/mol. The molecule has 1 aliphatic heterocycles. The maximum atomic E-state index is 12.9. The second-order valence-corrected chi connectivity index (χ2v) is 6.46. The maximum absolute atomic E-state index is 12.9. The highest BCUT2D eigenvalue weighted by atomic mass is 16.5. The minimum atomic E-state index is -0.892. The van der Waals surface area contributed by atoms with Crippen molar-refractivity contribution in [1.82, 2.24) is 20.1 Å². The molecule has 1 N–H and O–H groups in total. The van der Waals surface area contributed by atoms with Crippen LogP contribution in [0, 0.1) is 0 Å². The molecule has 132 valence electrons. The number of hydrogen-bond acceptors (Lipinski definition) is 5. The fourth-order valence-corrected chi connectivity index (χ4v) is 3.23. The summed E-state index contributed by atoms with van der Waals surface area (Å²) in [7, 11) is 1.34. The highest BCUT2D eigenvalue weighted by Gasteiger charge is 2.33. The van der Waals surface area contributed by atoms with Crippen LogP contribution in [0.15, 0.2) is 30.7 Å². The van der Waals surface area contributed by atoms with Gasteiger partial charge >= 0.3 is 5.97 Å². The Labute approximate surface area is 146 Å². The van der Waals surface area contributed by atoms with Crippen molar-refractivity contribution in [1.29, 1.82) is 0 Å². The normalized spacial score (nSPS) is 15.8. The van der Waals surface area contributed by atoms with Gasteiger partial charge in [-0.25, -0.2) is 0 Å². The van der Waals surface area contributed by atoms with E-state index in [-0.39, 0.29) is 12.3 Å². The monoisotopic (exact) mass is 342 g/mol. The van der Waals surface area contributed by atoms with Crippen molar-refractivity contribution >= 4 is 11.9 Å². The molecule has 0 saturated heterocycles. The Balaban J connectivity index is 1.88. The van der Waals surface area contributed by atoms with E-state index in [1.807, 2.05) is 11.6 Å². The van der Waals surface area contributed by atoms with E-state index >= 15 is 0 Å². The van der Waals surface area contributed by atoms with Crippen LogP contribution in [0.3, 0.4) is 0 Å². The minimum absolute atomic E-state index is 0.0305.